The van der Waals surface area contributed by atoms with Gasteiger partial charge < -0.3 is 5.32 Å². The number of aromatic nitrogens is 2. The summed E-state index contributed by atoms with van der Waals surface area (Å²) in [5.41, 5.74) is 3.33. The number of nitrogens with one attached hydrogen (secondary N) is 1. The van der Waals surface area contributed by atoms with Crippen molar-refractivity contribution in [3.8, 4) is 11.1 Å². The number of fused-ring (bicyclic) bond motifs is 1. The van der Waals surface area contributed by atoms with Crippen molar-refractivity contribution in [3.05, 3.63) is 70.6 Å². The van der Waals surface area contributed by atoms with E-state index in [9.17, 15) is 9.18 Å². The molecule has 1 amide bonds. The Morgan fingerprint density at radius 2 is 2.00 bits per heavy atom. The summed E-state index contributed by atoms with van der Waals surface area (Å²) in [7, 11) is 0. The van der Waals surface area contributed by atoms with Crippen molar-refractivity contribution >= 4 is 56.5 Å². The van der Waals surface area contributed by atoms with Crippen LogP contribution in [0.5, 0.6) is 0 Å². The molecule has 0 radical (unpaired) electrons. The average molecular weight is 444 g/mol. The Balaban J connectivity index is 1.56. The quantitative estimate of drug-likeness (QED) is 0.295. The molecule has 0 aliphatic rings. The molecule has 0 aliphatic carbocycles. The lowest BCUT2D eigenvalue weighted by Gasteiger charge is -2.09. The number of hydrogen-bond donors (Lipinski definition) is 1. The molecule has 2 heterocycles. The highest BCUT2D eigenvalue weighted by molar-refractivity contribution is 8.00. The summed E-state index contributed by atoms with van der Waals surface area (Å²) in [5, 5.41) is 7.07. The van der Waals surface area contributed by atoms with Crippen LogP contribution < -0.4 is 5.32 Å². The molecule has 0 saturated carbocycles. The molecule has 2 aromatic heterocycles. The van der Waals surface area contributed by atoms with E-state index in [0.29, 0.717) is 15.7 Å². The third-order valence-electron chi connectivity index (χ3n) is 4.37. The van der Waals surface area contributed by atoms with Gasteiger partial charge in [0, 0.05) is 21.7 Å². The number of halogens is 2. The van der Waals surface area contributed by atoms with Gasteiger partial charge in [-0.3, -0.25) is 4.79 Å². The smallest absolute Gasteiger partial charge is 0.234 e. The van der Waals surface area contributed by atoms with E-state index in [2.05, 4.69) is 15.3 Å². The topological polar surface area (TPSA) is 54.9 Å². The zero-order valence-corrected chi connectivity index (χ0v) is 17.7. The maximum atomic E-state index is 13.3. The van der Waals surface area contributed by atoms with Crippen LogP contribution in [0.4, 0.5) is 10.1 Å². The first-order valence-electron chi connectivity index (χ1n) is 8.69. The van der Waals surface area contributed by atoms with Gasteiger partial charge in [-0.1, -0.05) is 41.6 Å². The van der Waals surface area contributed by atoms with Crippen LogP contribution >= 0.6 is 34.7 Å². The normalized spacial score (nSPS) is 11.0. The predicted molar refractivity (Wildman–Crippen MR) is 118 cm³/mol. The van der Waals surface area contributed by atoms with Gasteiger partial charge in [-0.25, -0.2) is 14.4 Å². The monoisotopic (exact) mass is 443 g/mol. The lowest BCUT2D eigenvalue weighted by Crippen LogP contribution is -2.15. The first-order chi connectivity index (χ1) is 14.0. The highest BCUT2D eigenvalue weighted by Crippen LogP contribution is 2.38. The SMILES string of the molecule is Cc1c(Cl)cccc1NC(=O)CSc1ncnc2scc(-c3ccc(F)cc3)c12. The molecule has 0 bridgehead atoms. The summed E-state index contributed by atoms with van der Waals surface area (Å²) in [5.74, 6) is -0.241. The molecule has 8 heteroatoms. The van der Waals surface area contributed by atoms with Crippen molar-refractivity contribution in [2.24, 2.45) is 0 Å². The number of carbonyl (C=O) groups excluding carboxylic acids is 1. The standard InChI is InChI=1S/C21H15ClFN3OS2/c1-12-16(22)3-2-4-17(12)26-18(27)10-29-21-19-15(9-28-20(19)24-11-25-21)13-5-7-14(23)8-6-13/h2-9,11H,10H2,1H3,(H,26,27). The summed E-state index contributed by atoms with van der Waals surface area (Å²) in [4.78, 5) is 22.0. The van der Waals surface area contributed by atoms with Gasteiger partial charge in [0.1, 0.15) is 22.0 Å². The summed E-state index contributed by atoms with van der Waals surface area (Å²) in [6.45, 7) is 1.86. The Morgan fingerprint density at radius 3 is 2.79 bits per heavy atom. The fourth-order valence-electron chi connectivity index (χ4n) is 2.86. The van der Waals surface area contributed by atoms with Crippen molar-refractivity contribution in [1.29, 1.82) is 0 Å². The molecule has 0 saturated heterocycles. The highest BCUT2D eigenvalue weighted by atomic mass is 35.5. The molecular formula is C21H15ClFN3OS2. The van der Waals surface area contributed by atoms with Crippen LogP contribution in [0.25, 0.3) is 21.3 Å². The number of nitrogens with zero attached hydrogens (tertiary/aromatic N) is 2. The third kappa shape index (κ3) is 4.27. The minimum absolute atomic E-state index is 0.148. The summed E-state index contributed by atoms with van der Waals surface area (Å²) in [6, 6.07) is 11.7. The second kappa shape index (κ2) is 8.49. The molecule has 0 spiro atoms. The minimum Gasteiger partial charge on any atom is -0.325 e. The highest BCUT2D eigenvalue weighted by Gasteiger charge is 2.15. The second-order valence-corrected chi connectivity index (χ2v) is 8.49. The number of carbonyl (C=O) groups is 1. The molecule has 0 fully saturated rings. The molecule has 146 valence electrons. The summed E-state index contributed by atoms with van der Waals surface area (Å²) < 4.78 is 13.3. The third-order valence-corrected chi connectivity index (χ3v) is 6.66. The minimum atomic E-state index is -0.285. The van der Waals surface area contributed by atoms with Crippen LogP contribution in [-0.2, 0) is 4.79 Å². The van der Waals surface area contributed by atoms with Gasteiger partial charge >= 0.3 is 0 Å². The maximum Gasteiger partial charge on any atom is 0.234 e. The molecule has 2 aromatic carbocycles. The van der Waals surface area contributed by atoms with Gasteiger partial charge in [0.2, 0.25) is 5.91 Å². The van der Waals surface area contributed by atoms with E-state index in [0.717, 1.165) is 26.9 Å². The fourth-order valence-corrected chi connectivity index (χ4v) is 4.83. The van der Waals surface area contributed by atoms with Gasteiger partial charge in [0.25, 0.3) is 0 Å². The van der Waals surface area contributed by atoms with Crippen LogP contribution in [-0.4, -0.2) is 21.6 Å². The second-order valence-electron chi connectivity index (χ2n) is 6.26. The number of amides is 1. The number of hydrogen-bond acceptors (Lipinski definition) is 5. The molecular weight excluding hydrogens is 429 g/mol. The number of rotatable bonds is 5. The Bertz CT molecular complexity index is 1190. The Kier molecular flexibility index (Phi) is 5.80. The maximum absolute atomic E-state index is 13.3. The largest absolute Gasteiger partial charge is 0.325 e. The Labute approximate surface area is 180 Å². The molecule has 0 unspecified atom stereocenters. The van der Waals surface area contributed by atoms with Crippen LogP contribution in [0.3, 0.4) is 0 Å². The van der Waals surface area contributed by atoms with E-state index >= 15 is 0 Å². The molecule has 29 heavy (non-hydrogen) atoms. The van der Waals surface area contributed by atoms with E-state index in [4.69, 9.17) is 11.6 Å². The molecule has 4 aromatic rings. The van der Waals surface area contributed by atoms with E-state index < -0.39 is 0 Å². The first kappa shape index (κ1) is 19.8. The summed E-state index contributed by atoms with van der Waals surface area (Å²) >= 11 is 8.95. The van der Waals surface area contributed by atoms with Gasteiger partial charge in [-0.2, -0.15) is 0 Å². The Morgan fingerprint density at radius 1 is 1.21 bits per heavy atom. The predicted octanol–water partition coefficient (Wildman–Crippen LogP) is 6.19. The van der Waals surface area contributed by atoms with Gasteiger partial charge in [-0.15, -0.1) is 11.3 Å². The first-order valence-corrected chi connectivity index (χ1v) is 10.9. The Hall–Kier alpha value is -2.48. The lowest BCUT2D eigenvalue weighted by atomic mass is 10.1. The van der Waals surface area contributed by atoms with Crippen molar-refractivity contribution in [2.75, 3.05) is 11.1 Å². The fraction of sp³-hybridized carbons (Fsp3) is 0.0952. The molecule has 4 nitrogen and oxygen atoms in total. The number of anilines is 1. The zero-order valence-electron chi connectivity index (χ0n) is 15.3. The van der Waals surface area contributed by atoms with Crippen LogP contribution in [0.1, 0.15) is 5.56 Å². The van der Waals surface area contributed by atoms with Crippen LogP contribution in [0.15, 0.2) is 59.2 Å². The van der Waals surface area contributed by atoms with Crippen LogP contribution in [0.2, 0.25) is 5.02 Å². The summed E-state index contributed by atoms with van der Waals surface area (Å²) in [6.07, 6.45) is 1.49. The van der Waals surface area contributed by atoms with Crippen molar-refractivity contribution in [3.63, 3.8) is 0 Å². The van der Waals surface area contributed by atoms with Gasteiger partial charge in [-0.05, 0) is 42.3 Å². The molecule has 4 rings (SSSR count). The zero-order chi connectivity index (χ0) is 20.4. The molecule has 0 atom stereocenters. The van der Waals surface area contributed by atoms with E-state index in [-0.39, 0.29) is 17.5 Å². The van der Waals surface area contributed by atoms with Gasteiger partial charge in [0.15, 0.2) is 0 Å². The van der Waals surface area contributed by atoms with Crippen molar-refractivity contribution in [2.45, 2.75) is 11.9 Å². The number of benzene rings is 2. The van der Waals surface area contributed by atoms with Crippen LogP contribution in [0, 0.1) is 12.7 Å². The van der Waals surface area contributed by atoms with Crippen molar-refractivity contribution in [1.82, 2.24) is 9.97 Å². The van der Waals surface area contributed by atoms with E-state index in [1.165, 1.54) is 41.6 Å². The molecule has 1 N–H and O–H groups in total. The van der Waals surface area contributed by atoms with E-state index in [1.807, 2.05) is 18.4 Å². The average Bonchev–Trinajstić information content (AvgIpc) is 3.15. The molecule has 0 aliphatic heterocycles. The lowest BCUT2D eigenvalue weighted by molar-refractivity contribution is -0.113. The number of thioether (sulfide) groups is 1. The number of thiophene rings is 1. The van der Waals surface area contributed by atoms with E-state index in [1.54, 1.807) is 24.3 Å². The van der Waals surface area contributed by atoms with Gasteiger partial charge in [0.05, 0.1) is 11.1 Å². The van der Waals surface area contributed by atoms with Crippen molar-refractivity contribution < 1.29 is 9.18 Å².